The van der Waals surface area contributed by atoms with E-state index < -0.39 is 0 Å². The maximum Gasteiger partial charge on any atom is 0.138 e. The van der Waals surface area contributed by atoms with Crippen LogP contribution in [0.15, 0.2) is 34.9 Å². The van der Waals surface area contributed by atoms with Gasteiger partial charge in [-0.15, -0.1) is 0 Å². The standard InChI is InChI=1S/C15H18ClNO2/c1-3-17-9-15-12(6-7-18-15)10-19-14-8-11(2)4-5-13(14)16/h4-8,17H,3,9-10H2,1-2H3. The molecule has 0 amide bonds. The van der Waals surface area contributed by atoms with Crippen LogP contribution in [0.4, 0.5) is 0 Å². The first kappa shape index (κ1) is 14.0. The van der Waals surface area contributed by atoms with E-state index in [0.717, 1.165) is 23.4 Å². The fourth-order valence-electron chi connectivity index (χ4n) is 1.77. The molecule has 0 radical (unpaired) electrons. The molecule has 2 aromatic rings. The summed E-state index contributed by atoms with van der Waals surface area (Å²) in [5.74, 6) is 1.61. The molecule has 0 unspecified atom stereocenters. The van der Waals surface area contributed by atoms with Crippen LogP contribution in [0, 0.1) is 6.92 Å². The number of hydrogen-bond donors (Lipinski definition) is 1. The third kappa shape index (κ3) is 3.75. The van der Waals surface area contributed by atoms with Crippen molar-refractivity contribution in [1.82, 2.24) is 5.32 Å². The molecular weight excluding hydrogens is 262 g/mol. The molecule has 19 heavy (non-hydrogen) atoms. The smallest absolute Gasteiger partial charge is 0.138 e. The molecule has 0 aliphatic rings. The maximum atomic E-state index is 6.10. The van der Waals surface area contributed by atoms with E-state index in [4.69, 9.17) is 20.8 Å². The van der Waals surface area contributed by atoms with E-state index in [1.807, 2.05) is 31.2 Å². The Morgan fingerprint density at radius 2 is 2.16 bits per heavy atom. The Morgan fingerprint density at radius 3 is 2.95 bits per heavy atom. The number of ether oxygens (including phenoxy) is 1. The second-order valence-corrected chi connectivity index (χ2v) is 4.78. The van der Waals surface area contributed by atoms with Crippen molar-refractivity contribution in [3.8, 4) is 5.75 Å². The van der Waals surface area contributed by atoms with Crippen molar-refractivity contribution in [1.29, 1.82) is 0 Å². The first-order valence-corrected chi connectivity index (χ1v) is 6.73. The highest BCUT2D eigenvalue weighted by atomic mass is 35.5. The molecule has 4 heteroatoms. The van der Waals surface area contributed by atoms with Crippen molar-refractivity contribution in [3.63, 3.8) is 0 Å². The van der Waals surface area contributed by atoms with Crippen LogP contribution in [0.3, 0.4) is 0 Å². The average Bonchev–Trinajstić information content (AvgIpc) is 2.85. The molecule has 102 valence electrons. The Balaban J connectivity index is 2.02. The number of benzene rings is 1. The van der Waals surface area contributed by atoms with Crippen molar-refractivity contribution in [3.05, 3.63) is 52.4 Å². The highest BCUT2D eigenvalue weighted by Crippen LogP contribution is 2.26. The number of nitrogens with one attached hydrogen (secondary N) is 1. The minimum atomic E-state index is 0.459. The van der Waals surface area contributed by atoms with E-state index in [-0.39, 0.29) is 0 Å². The highest BCUT2D eigenvalue weighted by molar-refractivity contribution is 6.32. The van der Waals surface area contributed by atoms with Gasteiger partial charge in [-0.1, -0.05) is 24.6 Å². The second kappa shape index (κ2) is 6.64. The Hall–Kier alpha value is -1.45. The van der Waals surface area contributed by atoms with Crippen LogP contribution in [0.5, 0.6) is 5.75 Å². The zero-order valence-electron chi connectivity index (χ0n) is 11.2. The summed E-state index contributed by atoms with van der Waals surface area (Å²) in [6, 6.07) is 7.67. The monoisotopic (exact) mass is 279 g/mol. The van der Waals surface area contributed by atoms with Gasteiger partial charge in [0.1, 0.15) is 18.1 Å². The van der Waals surface area contributed by atoms with Gasteiger partial charge >= 0.3 is 0 Å². The lowest BCUT2D eigenvalue weighted by atomic mass is 10.2. The van der Waals surface area contributed by atoms with Crippen molar-refractivity contribution in [2.75, 3.05) is 6.54 Å². The van der Waals surface area contributed by atoms with Gasteiger partial charge in [-0.05, 0) is 37.2 Å². The molecule has 2 rings (SSSR count). The summed E-state index contributed by atoms with van der Waals surface area (Å²) in [6.45, 7) is 6.15. The quantitative estimate of drug-likeness (QED) is 0.870. The zero-order chi connectivity index (χ0) is 13.7. The molecule has 1 heterocycles. The number of hydrogen-bond acceptors (Lipinski definition) is 3. The predicted octanol–water partition coefficient (Wildman–Crippen LogP) is 3.93. The van der Waals surface area contributed by atoms with Crippen LogP contribution < -0.4 is 10.1 Å². The number of furan rings is 1. The summed E-state index contributed by atoms with van der Waals surface area (Å²) in [5.41, 5.74) is 2.16. The number of aryl methyl sites for hydroxylation is 1. The van der Waals surface area contributed by atoms with Crippen LogP contribution >= 0.6 is 11.6 Å². The summed E-state index contributed by atoms with van der Waals surface area (Å²) in [6.07, 6.45) is 1.68. The number of halogens is 1. The van der Waals surface area contributed by atoms with Crippen molar-refractivity contribution in [2.45, 2.75) is 27.0 Å². The maximum absolute atomic E-state index is 6.10. The minimum Gasteiger partial charge on any atom is -0.487 e. The zero-order valence-corrected chi connectivity index (χ0v) is 12.0. The van der Waals surface area contributed by atoms with Crippen LogP contribution in [0.2, 0.25) is 5.02 Å². The van der Waals surface area contributed by atoms with E-state index in [1.165, 1.54) is 0 Å². The SMILES string of the molecule is CCNCc1occc1COc1cc(C)ccc1Cl. The molecule has 0 saturated heterocycles. The summed E-state index contributed by atoms with van der Waals surface area (Å²) in [4.78, 5) is 0. The van der Waals surface area contributed by atoms with Crippen LogP contribution in [0.25, 0.3) is 0 Å². The minimum absolute atomic E-state index is 0.459. The van der Waals surface area contributed by atoms with E-state index in [1.54, 1.807) is 6.26 Å². The molecular formula is C15H18ClNO2. The summed E-state index contributed by atoms with van der Waals surface area (Å²) in [5, 5.41) is 3.86. The first-order valence-electron chi connectivity index (χ1n) is 6.35. The second-order valence-electron chi connectivity index (χ2n) is 4.37. The molecule has 0 aliphatic heterocycles. The molecule has 0 bridgehead atoms. The van der Waals surface area contributed by atoms with E-state index in [0.29, 0.717) is 23.9 Å². The Labute approximate surface area is 118 Å². The lowest BCUT2D eigenvalue weighted by Crippen LogP contribution is -2.12. The molecule has 1 aromatic heterocycles. The highest BCUT2D eigenvalue weighted by Gasteiger charge is 2.08. The van der Waals surface area contributed by atoms with E-state index in [9.17, 15) is 0 Å². The van der Waals surface area contributed by atoms with Gasteiger partial charge in [-0.2, -0.15) is 0 Å². The van der Waals surface area contributed by atoms with Gasteiger partial charge in [0.15, 0.2) is 0 Å². The fraction of sp³-hybridized carbons (Fsp3) is 0.333. The van der Waals surface area contributed by atoms with Crippen LogP contribution in [-0.2, 0) is 13.2 Å². The molecule has 1 N–H and O–H groups in total. The Kier molecular flexibility index (Phi) is 4.88. The van der Waals surface area contributed by atoms with Gasteiger partial charge in [0.2, 0.25) is 0 Å². The van der Waals surface area contributed by atoms with Crippen molar-refractivity contribution in [2.24, 2.45) is 0 Å². The molecule has 0 atom stereocenters. The lowest BCUT2D eigenvalue weighted by Gasteiger charge is -2.09. The normalized spacial score (nSPS) is 10.7. The molecule has 0 spiro atoms. The predicted molar refractivity (Wildman–Crippen MR) is 76.6 cm³/mol. The van der Waals surface area contributed by atoms with Gasteiger partial charge in [-0.3, -0.25) is 0 Å². The summed E-state index contributed by atoms with van der Waals surface area (Å²) < 4.78 is 11.2. The van der Waals surface area contributed by atoms with Gasteiger partial charge in [0.05, 0.1) is 17.8 Å². The molecule has 0 fully saturated rings. The van der Waals surface area contributed by atoms with Crippen molar-refractivity contribution < 1.29 is 9.15 Å². The van der Waals surface area contributed by atoms with Crippen LogP contribution in [-0.4, -0.2) is 6.54 Å². The fourth-order valence-corrected chi connectivity index (χ4v) is 1.94. The van der Waals surface area contributed by atoms with Gasteiger partial charge in [-0.25, -0.2) is 0 Å². The summed E-state index contributed by atoms with van der Waals surface area (Å²) in [7, 11) is 0. The van der Waals surface area contributed by atoms with Crippen LogP contribution in [0.1, 0.15) is 23.8 Å². The topological polar surface area (TPSA) is 34.4 Å². The van der Waals surface area contributed by atoms with Crippen molar-refractivity contribution >= 4 is 11.6 Å². The number of rotatable bonds is 6. The Bertz CT molecular complexity index is 537. The first-order chi connectivity index (χ1) is 9.20. The molecule has 3 nitrogen and oxygen atoms in total. The van der Waals surface area contributed by atoms with Gasteiger partial charge in [0.25, 0.3) is 0 Å². The molecule has 0 aliphatic carbocycles. The van der Waals surface area contributed by atoms with Gasteiger partial charge in [0, 0.05) is 5.56 Å². The van der Waals surface area contributed by atoms with E-state index >= 15 is 0 Å². The third-order valence-corrected chi connectivity index (χ3v) is 3.16. The molecule has 0 saturated carbocycles. The third-order valence-electron chi connectivity index (χ3n) is 2.84. The molecule has 1 aromatic carbocycles. The Morgan fingerprint density at radius 1 is 1.32 bits per heavy atom. The van der Waals surface area contributed by atoms with E-state index in [2.05, 4.69) is 12.2 Å². The summed E-state index contributed by atoms with van der Waals surface area (Å²) >= 11 is 6.10. The van der Waals surface area contributed by atoms with Gasteiger partial charge < -0.3 is 14.5 Å². The largest absolute Gasteiger partial charge is 0.487 e. The lowest BCUT2D eigenvalue weighted by molar-refractivity contribution is 0.301. The average molecular weight is 280 g/mol.